The Kier molecular flexibility index (Phi) is 6.83. The fourth-order valence-corrected chi connectivity index (χ4v) is 5.11. The molecule has 0 aromatic heterocycles. The highest BCUT2D eigenvalue weighted by Crippen LogP contribution is 2.26. The number of esters is 1. The van der Waals surface area contributed by atoms with E-state index in [0.29, 0.717) is 13.1 Å². The Hall–Kier alpha value is -3.00. The molecule has 2 aromatic rings. The fraction of sp³-hybridized carbons (Fsp3) is 0.263. The van der Waals surface area contributed by atoms with Crippen molar-refractivity contribution in [2.75, 3.05) is 25.0 Å². The van der Waals surface area contributed by atoms with Crippen molar-refractivity contribution in [2.45, 2.75) is 22.6 Å². The number of benzene rings is 2. The Balaban J connectivity index is 1.65. The number of sulfonamides is 2. The molecule has 1 heterocycles. The van der Waals surface area contributed by atoms with Crippen LogP contribution in [-0.4, -0.2) is 57.8 Å². The van der Waals surface area contributed by atoms with Crippen LogP contribution in [0, 0.1) is 0 Å². The summed E-state index contributed by atoms with van der Waals surface area (Å²) >= 11 is 0. The maximum Gasteiger partial charge on any atom is 0.342 e. The molecule has 0 atom stereocenters. The number of hydrogen-bond acceptors (Lipinski definition) is 8. The van der Waals surface area contributed by atoms with Gasteiger partial charge < -0.3 is 15.2 Å². The zero-order chi connectivity index (χ0) is 23.5. The molecule has 11 nitrogen and oxygen atoms in total. The first-order valence-electron chi connectivity index (χ1n) is 9.41. The highest BCUT2D eigenvalue weighted by Gasteiger charge is 2.28. The Bertz CT molecular complexity index is 1240. The number of amides is 1. The van der Waals surface area contributed by atoms with Gasteiger partial charge in [0.15, 0.2) is 6.61 Å². The Labute approximate surface area is 184 Å². The van der Waals surface area contributed by atoms with Gasteiger partial charge in [0.25, 0.3) is 5.91 Å². The molecule has 1 amide bonds. The van der Waals surface area contributed by atoms with Crippen LogP contribution in [0.25, 0.3) is 0 Å². The Morgan fingerprint density at radius 3 is 2.19 bits per heavy atom. The van der Waals surface area contributed by atoms with Gasteiger partial charge in [0.05, 0.1) is 9.79 Å². The molecule has 0 unspecified atom stereocenters. The van der Waals surface area contributed by atoms with Gasteiger partial charge in [-0.15, -0.1) is 0 Å². The number of nitrogens with two attached hydrogens (primary N) is 1. The van der Waals surface area contributed by atoms with Crippen molar-refractivity contribution in [3.05, 3.63) is 48.0 Å². The van der Waals surface area contributed by atoms with Gasteiger partial charge in [-0.1, -0.05) is 0 Å². The number of ether oxygens (including phenoxy) is 1. The Morgan fingerprint density at radius 1 is 1.00 bits per heavy atom. The molecule has 0 bridgehead atoms. The van der Waals surface area contributed by atoms with Crippen LogP contribution in [0.15, 0.2) is 52.3 Å². The first-order chi connectivity index (χ1) is 15.0. The van der Waals surface area contributed by atoms with Crippen LogP contribution in [0.1, 0.15) is 23.2 Å². The number of carbonyl (C=O) groups excluding carboxylic acids is 2. The highest BCUT2D eigenvalue weighted by molar-refractivity contribution is 7.89. The molecule has 0 spiro atoms. The average molecular weight is 484 g/mol. The van der Waals surface area contributed by atoms with Crippen molar-refractivity contribution < 1.29 is 36.3 Å². The van der Waals surface area contributed by atoms with E-state index < -0.39 is 49.8 Å². The molecule has 4 N–H and O–H groups in total. The predicted octanol–water partition coefficient (Wildman–Crippen LogP) is 0.620. The van der Waals surface area contributed by atoms with Crippen molar-refractivity contribution >= 4 is 37.6 Å². The Morgan fingerprint density at radius 2 is 1.59 bits per heavy atom. The van der Waals surface area contributed by atoms with Crippen LogP contribution in [0.2, 0.25) is 0 Å². The molecule has 1 saturated heterocycles. The van der Waals surface area contributed by atoms with Gasteiger partial charge in [0.2, 0.25) is 20.0 Å². The molecule has 1 fully saturated rings. The monoisotopic (exact) mass is 483 g/mol. The standard InChI is InChI=1S/C19H21N3O8S2/c20-31(26,27)14-5-3-13(4-6-14)21-18(24)12-30-19(25)16-11-15(7-8-17(16)23)32(28,29)22-9-1-2-10-22/h3-8,11,23H,1-2,9-10,12H2,(H,21,24)(H2,20,26,27). The van der Waals surface area contributed by atoms with Crippen molar-refractivity contribution in [3.63, 3.8) is 0 Å². The van der Waals surface area contributed by atoms with Gasteiger partial charge in [-0.3, -0.25) is 4.79 Å². The SMILES string of the molecule is NS(=O)(=O)c1ccc(NC(=O)COC(=O)c2cc(S(=O)(=O)N3CCCC3)ccc2O)cc1. The normalized spacial score (nSPS) is 14.8. The average Bonchev–Trinajstić information content (AvgIpc) is 3.28. The first kappa shape index (κ1) is 23.7. The minimum atomic E-state index is -3.88. The van der Waals surface area contributed by atoms with Crippen molar-refractivity contribution in [2.24, 2.45) is 5.14 Å². The second-order valence-electron chi connectivity index (χ2n) is 6.98. The molecule has 0 saturated carbocycles. The van der Waals surface area contributed by atoms with E-state index >= 15 is 0 Å². The summed E-state index contributed by atoms with van der Waals surface area (Å²) in [6.45, 7) is 0.0288. The maximum atomic E-state index is 12.7. The smallest absolute Gasteiger partial charge is 0.342 e. The van der Waals surface area contributed by atoms with Gasteiger partial charge in [0, 0.05) is 18.8 Å². The topological polar surface area (TPSA) is 173 Å². The summed E-state index contributed by atoms with van der Waals surface area (Å²) in [4.78, 5) is 24.0. The van der Waals surface area contributed by atoms with Gasteiger partial charge in [-0.2, -0.15) is 4.31 Å². The van der Waals surface area contributed by atoms with Crippen molar-refractivity contribution in [3.8, 4) is 5.75 Å². The lowest BCUT2D eigenvalue weighted by atomic mass is 10.2. The summed E-state index contributed by atoms with van der Waals surface area (Å²) in [5, 5.41) is 17.4. The first-order valence-corrected chi connectivity index (χ1v) is 12.4. The second-order valence-corrected chi connectivity index (χ2v) is 10.5. The predicted molar refractivity (Wildman–Crippen MR) is 113 cm³/mol. The molecule has 172 valence electrons. The van der Waals surface area contributed by atoms with E-state index in [9.17, 15) is 31.5 Å². The van der Waals surface area contributed by atoms with Gasteiger partial charge in [-0.25, -0.2) is 26.8 Å². The van der Waals surface area contributed by atoms with Crippen LogP contribution in [-0.2, 0) is 29.6 Å². The lowest BCUT2D eigenvalue weighted by molar-refractivity contribution is -0.119. The van der Waals surface area contributed by atoms with Crippen LogP contribution >= 0.6 is 0 Å². The number of phenolic OH excluding ortho intramolecular Hbond substituents is 1. The molecule has 3 rings (SSSR count). The molecule has 0 radical (unpaired) electrons. The zero-order valence-electron chi connectivity index (χ0n) is 16.7. The van der Waals surface area contributed by atoms with Crippen molar-refractivity contribution in [1.82, 2.24) is 4.31 Å². The number of nitrogens with zero attached hydrogens (tertiary/aromatic N) is 1. The molecule has 0 aliphatic carbocycles. The highest BCUT2D eigenvalue weighted by atomic mass is 32.2. The summed E-state index contributed by atoms with van der Waals surface area (Å²) in [7, 11) is -7.69. The van der Waals surface area contributed by atoms with Gasteiger partial charge >= 0.3 is 5.97 Å². The van der Waals surface area contributed by atoms with E-state index in [1.165, 1.54) is 34.6 Å². The summed E-state index contributed by atoms with van der Waals surface area (Å²) < 4.78 is 54.0. The van der Waals surface area contributed by atoms with E-state index in [4.69, 9.17) is 9.88 Å². The fourth-order valence-electron chi connectivity index (χ4n) is 3.05. The summed E-state index contributed by atoms with van der Waals surface area (Å²) in [5.41, 5.74) is -0.157. The summed E-state index contributed by atoms with van der Waals surface area (Å²) in [6.07, 6.45) is 1.48. The molecule has 1 aliphatic rings. The molecule has 1 aliphatic heterocycles. The lowest BCUT2D eigenvalue weighted by Crippen LogP contribution is -2.28. The number of anilines is 1. The van der Waals surface area contributed by atoms with Crippen LogP contribution < -0.4 is 10.5 Å². The number of aromatic hydroxyl groups is 1. The van der Waals surface area contributed by atoms with Crippen LogP contribution in [0.5, 0.6) is 5.75 Å². The number of carbonyl (C=O) groups is 2. The number of phenols is 1. The van der Waals surface area contributed by atoms with E-state index in [1.807, 2.05) is 0 Å². The van der Waals surface area contributed by atoms with Crippen LogP contribution in [0.4, 0.5) is 5.69 Å². The third-order valence-electron chi connectivity index (χ3n) is 4.69. The number of hydrogen-bond donors (Lipinski definition) is 3. The van der Waals surface area contributed by atoms with E-state index in [2.05, 4.69) is 5.32 Å². The number of nitrogens with one attached hydrogen (secondary N) is 1. The minimum absolute atomic E-state index is 0.138. The third kappa shape index (κ3) is 5.43. The number of rotatable bonds is 7. The van der Waals surface area contributed by atoms with E-state index in [1.54, 1.807) is 0 Å². The molecule has 32 heavy (non-hydrogen) atoms. The molecule has 2 aromatic carbocycles. The molecule has 13 heteroatoms. The number of primary sulfonamides is 1. The zero-order valence-corrected chi connectivity index (χ0v) is 18.4. The summed E-state index contributed by atoms with van der Waals surface area (Å²) in [5.74, 6) is -2.31. The largest absolute Gasteiger partial charge is 0.507 e. The summed E-state index contributed by atoms with van der Waals surface area (Å²) in [6, 6.07) is 8.28. The molecular weight excluding hydrogens is 462 g/mol. The third-order valence-corrected chi connectivity index (χ3v) is 7.52. The maximum absolute atomic E-state index is 12.7. The quantitative estimate of drug-likeness (QED) is 0.481. The van der Waals surface area contributed by atoms with Gasteiger partial charge in [-0.05, 0) is 55.3 Å². The lowest BCUT2D eigenvalue weighted by Gasteiger charge is -2.16. The molecular formula is C19H21N3O8S2. The van der Waals surface area contributed by atoms with E-state index in [-0.39, 0.29) is 15.5 Å². The minimum Gasteiger partial charge on any atom is -0.507 e. The second kappa shape index (κ2) is 9.24. The van der Waals surface area contributed by atoms with Gasteiger partial charge in [0.1, 0.15) is 11.3 Å². The van der Waals surface area contributed by atoms with Crippen molar-refractivity contribution in [1.29, 1.82) is 0 Å². The van der Waals surface area contributed by atoms with E-state index in [0.717, 1.165) is 25.0 Å². The van der Waals surface area contributed by atoms with Crippen LogP contribution in [0.3, 0.4) is 0 Å².